The third-order valence-corrected chi connectivity index (χ3v) is 1.74. The summed E-state index contributed by atoms with van der Waals surface area (Å²) < 4.78 is 0. The van der Waals surface area contributed by atoms with Crippen LogP contribution in [0.4, 0.5) is 0 Å². The summed E-state index contributed by atoms with van der Waals surface area (Å²) >= 11 is 0. The SMILES string of the molecule is C=C(CC[C@@H](C)N)C(C)C. The quantitative estimate of drug-likeness (QED) is 0.597. The number of hydrogen-bond donors (Lipinski definition) is 1. The number of rotatable bonds is 4. The zero-order valence-corrected chi connectivity index (χ0v) is 7.35. The van der Waals surface area contributed by atoms with E-state index in [1.807, 2.05) is 6.92 Å². The molecule has 0 aliphatic rings. The minimum Gasteiger partial charge on any atom is -0.328 e. The van der Waals surface area contributed by atoms with Crippen molar-refractivity contribution >= 4 is 0 Å². The minimum atomic E-state index is 0.315. The third kappa shape index (κ3) is 4.57. The highest BCUT2D eigenvalue weighted by Crippen LogP contribution is 2.13. The average Bonchev–Trinajstić information content (AvgIpc) is 1.82. The van der Waals surface area contributed by atoms with Crippen LogP contribution in [0.2, 0.25) is 0 Å². The fourth-order valence-electron chi connectivity index (χ4n) is 0.702. The van der Waals surface area contributed by atoms with Gasteiger partial charge in [0.25, 0.3) is 0 Å². The monoisotopic (exact) mass is 141 g/mol. The molecule has 0 fully saturated rings. The Morgan fingerprint density at radius 2 is 1.90 bits per heavy atom. The summed E-state index contributed by atoms with van der Waals surface area (Å²) in [7, 11) is 0. The molecule has 0 radical (unpaired) electrons. The molecule has 0 aliphatic carbocycles. The van der Waals surface area contributed by atoms with E-state index in [-0.39, 0.29) is 0 Å². The van der Waals surface area contributed by atoms with Crippen LogP contribution in [0.15, 0.2) is 12.2 Å². The first-order valence-electron chi connectivity index (χ1n) is 3.97. The molecule has 0 amide bonds. The van der Waals surface area contributed by atoms with E-state index in [4.69, 9.17) is 5.73 Å². The van der Waals surface area contributed by atoms with Gasteiger partial charge in [-0.05, 0) is 25.7 Å². The first kappa shape index (κ1) is 9.70. The van der Waals surface area contributed by atoms with E-state index in [0.717, 1.165) is 12.8 Å². The lowest BCUT2D eigenvalue weighted by molar-refractivity contribution is 0.620. The fourth-order valence-corrected chi connectivity index (χ4v) is 0.702. The van der Waals surface area contributed by atoms with E-state index in [0.29, 0.717) is 12.0 Å². The molecule has 0 unspecified atom stereocenters. The highest BCUT2D eigenvalue weighted by Gasteiger charge is 2.00. The van der Waals surface area contributed by atoms with Gasteiger partial charge in [0.15, 0.2) is 0 Å². The second-order valence-electron chi connectivity index (χ2n) is 3.33. The summed E-state index contributed by atoms with van der Waals surface area (Å²) in [6, 6.07) is 0.315. The molecule has 0 spiro atoms. The van der Waals surface area contributed by atoms with Gasteiger partial charge in [0, 0.05) is 6.04 Å². The Morgan fingerprint density at radius 3 is 2.20 bits per heavy atom. The fraction of sp³-hybridized carbons (Fsp3) is 0.778. The Hall–Kier alpha value is -0.300. The predicted molar refractivity (Wildman–Crippen MR) is 46.9 cm³/mol. The lowest BCUT2D eigenvalue weighted by Gasteiger charge is -2.10. The Balaban J connectivity index is 3.40. The number of nitrogens with two attached hydrogens (primary N) is 1. The van der Waals surface area contributed by atoms with Crippen molar-refractivity contribution in [1.29, 1.82) is 0 Å². The zero-order valence-electron chi connectivity index (χ0n) is 7.35. The summed E-state index contributed by atoms with van der Waals surface area (Å²) in [5.74, 6) is 0.610. The molecule has 1 atom stereocenters. The molecule has 0 aromatic heterocycles. The van der Waals surface area contributed by atoms with Crippen molar-refractivity contribution in [1.82, 2.24) is 0 Å². The topological polar surface area (TPSA) is 26.0 Å². The van der Waals surface area contributed by atoms with Crippen molar-refractivity contribution in [2.45, 2.75) is 39.7 Å². The molecule has 0 aromatic carbocycles. The van der Waals surface area contributed by atoms with Crippen molar-refractivity contribution in [3.8, 4) is 0 Å². The largest absolute Gasteiger partial charge is 0.328 e. The van der Waals surface area contributed by atoms with Crippen LogP contribution in [0.25, 0.3) is 0 Å². The lowest BCUT2D eigenvalue weighted by Crippen LogP contribution is -2.14. The van der Waals surface area contributed by atoms with Gasteiger partial charge < -0.3 is 5.73 Å². The molecular weight excluding hydrogens is 122 g/mol. The van der Waals surface area contributed by atoms with Gasteiger partial charge in [-0.15, -0.1) is 0 Å². The van der Waals surface area contributed by atoms with Gasteiger partial charge in [0.05, 0.1) is 0 Å². The second-order valence-corrected chi connectivity index (χ2v) is 3.33. The maximum Gasteiger partial charge on any atom is 0.00135 e. The van der Waals surface area contributed by atoms with E-state index < -0.39 is 0 Å². The standard InChI is InChI=1S/C9H19N/c1-7(2)8(3)5-6-9(4)10/h7,9H,3,5-6,10H2,1-2,4H3/t9-/m1/s1. The summed E-state index contributed by atoms with van der Waals surface area (Å²) in [6.45, 7) is 10.3. The van der Waals surface area contributed by atoms with E-state index in [9.17, 15) is 0 Å². The van der Waals surface area contributed by atoms with Crippen LogP contribution in [0.3, 0.4) is 0 Å². The van der Waals surface area contributed by atoms with Crippen LogP contribution in [0.5, 0.6) is 0 Å². The van der Waals surface area contributed by atoms with Crippen LogP contribution in [0.1, 0.15) is 33.6 Å². The third-order valence-electron chi connectivity index (χ3n) is 1.74. The molecule has 0 saturated carbocycles. The van der Waals surface area contributed by atoms with Gasteiger partial charge in [0.1, 0.15) is 0 Å². The zero-order chi connectivity index (χ0) is 8.15. The molecule has 10 heavy (non-hydrogen) atoms. The second kappa shape index (κ2) is 4.51. The molecule has 0 saturated heterocycles. The van der Waals surface area contributed by atoms with Crippen LogP contribution in [0, 0.1) is 5.92 Å². The number of hydrogen-bond acceptors (Lipinski definition) is 1. The normalized spacial score (nSPS) is 13.7. The van der Waals surface area contributed by atoms with Gasteiger partial charge in [-0.25, -0.2) is 0 Å². The van der Waals surface area contributed by atoms with E-state index in [1.54, 1.807) is 0 Å². The maximum absolute atomic E-state index is 5.60. The van der Waals surface area contributed by atoms with Crippen molar-refractivity contribution in [2.24, 2.45) is 11.7 Å². The van der Waals surface area contributed by atoms with Gasteiger partial charge >= 0.3 is 0 Å². The average molecular weight is 141 g/mol. The molecule has 0 rings (SSSR count). The van der Waals surface area contributed by atoms with Crippen molar-refractivity contribution in [2.75, 3.05) is 0 Å². The van der Waals surface area contributed by atoms with Gasteiger partial charge in [-0.1, -0.05) is 26.0 Å². The number of allylic oxidation sites excluding steroid dienone is 1. The van der Waals surface area contributed by atoms with E-state index in [1.165, 1.54) is 5.57 Å². The molecule has 2 N–H and O–H groups in total. The van der Waals surface area contributed by atoms with E-state index >= 15 is 0 Å². The predicted octanol–water partition coefficient (Wildman–Crippen LogP) is 2.33. The highest BCUT2D eigenvalue weighted by atomic mass is 14.6. The lowest BCUT2D eigenvalue weighted by atomic mass is 9.99. The van der Waals surface area contributed by atoms with Crippen LogP contribution in [-0.2, 0) is 0 Å². The molecule has 0 heterocycles. The molecular formula is C9H19N. The van der Waals surface area contributed by atoms with Crippen molar-refractivity contribution in [3.05, 3.63) is 12.2 Å². The van der Waals surface area contributed by atoms with Crippen LogP contribution in [-0.4, -0.2) is 6.04 Å². The molecule has 0 aliphatic heterocycles. The van der Waals surface area contributed by atoms with Crippen molar-refractivity contribution in [3.63, 3.8) is 0 Å². The van der Waals surface area contributed by atoms with Crippen LogP contribution < -0.4 is 5.73 Å². The first-order valence-corrected chi connectivity index (χ1v) is 3.97. The van der Waals surface area contributed by atoms with Gasteiger partial charge in [0.2, 0.25) is 0 Å². The molecule has 0 aromatic rings. The molecule has 1 heteroatoms. The first-order chi connectivity index (χ1) is 4.54. The Kier molecular flexibility index (Phi) is 4.37. The summed E-state index contributed by atoms with van der Waals surface area (Å²) in [4.78, 5) is 0. The molecule has 60 valence electrons. The molecule has 1 nitrogen and oxygen atoms in total. The summed E-state index contributed by atoms with van der Waals surface area (Å²) in [6.07, 6.45) is 2.15. The summed E-state index contributed by atoms with van der Waals surface area (Å²) in [5, 5.41) is 0. The maximum atomic E-state index is 5.60. The Morgan fingerprint density at radius 1 is 1.40 bits per heavy atom. The Bertz CT molecular complexity index is 103. The van der Waals surface area contributed by atoms with Crippen molar-refractivity contribution < 1.29 is 0 Å². The Labute approximate surface area is 64.3 Å². The highest BCUT2D eigenvalue weighted by molar-refractivity contribution is 4.97. The summed E-state index contributed by atoms with van der Waals surface area (Å²) in [5.41, 5.74) is 6.92. The smallest absolute Gasteiger partial charge is 0.00135 e. The van der Waals surface area contributed by atoms with Gasteiger partial charge in [-0.3, -0.25) is 0 Å². The van der Waals surface area contributed by atoms with E-state index in [2.05, 4.69) is 20.4 Å². The minimum absolute atomic E-state index is 0.315. The van der Waals surface area contributed by atoms with Crippen LogP contribution >= 0.6 is 0 Å². The van der Waals surface area contributed by atoms with Gasteiger partial charge in [-0.2, -0.15) is 0 Å². The molecule has 0 bridgehead atoms.